The van der Waals surface area contributed by atoms with Crippen LogP contribution in [0.1, 0.15) is 17.9 Å². The number of hydrogen-bond acceptors (Lipinski definition) is 2. The number of furan rings is 1. The Kier molecular flexibility index (Phi) is 4.32. The van der Waals surface area contributed by atoms with E-state index < -0.39 is 0 Å². The molecule has 0 atom stereocenters. The summed E-state index contributed by atoms with van der Waals surface area (Å²) in [6.45, 7) is 2.93. The fourth-order valence-electron chi connectivity index (χ4n) is 1.99. The highest BCUT2D eigenvalue weighted by Gasteiger charge is 2.05. The summed E-state index contributed by atoms with van der Waals surface area (Å²) in [6.07, 6.45) is 2.01. The molecular formula is C15H18ClNO. The van der Waals surface area contributed by atoms with Crippen molar-refractivity contribution in [2.45, 2.75) is 19.8 Å². The second-order valence-electron chi connectivity index (χ2n) is 4.49. The molecular weight excluding hydrogens is 246 g/mol. The van der Waals surface area contributed by atoms with E-state index in [2.05, 4.69) is 11.9 Å². The Hall–Kier alpha value is -1.41. The number of anilines is 1. The van der Waals surface area contributed by atoms with E-state index in [1.165, 1.54) is 0 Å². The van der Waals surface area contributed by atoms with Crippen molar-refractivity contribution < 1.29 is 4.42 Å². The molecule has 2 rings (SSSR count). The van der Waals surface area contributed by atoms with E-state index in [1.54, 1.807) is 0 Å². The lowest BCUT2D eigenvalue weighted by atomic mass is 10.2. The highest BCUT2D eigenvalue weighted by atomic mass is 35.5. The lowest BCUT2D eigenvalue weighted by Crippen LogP contribution is -2.19. The van der Waals surface area contributed by atoms with Crippen molar-refractivity contribution in [1.82, 2.24) is 0 Å². The Morgan fingerprint density at radius 2 is 1.94 bits per heavy atom. The molecule has 3 heteroatoms. The maximum absolute atomic E-state index is 6.16. The van der Waals surface area contributed by atoms with Crippen molar-refractivity contribution in [3.05, 3.63) is 52.9 Å². The van der Waals surface area contributed by atoms with Gasteiger partial charge in [0.1, 0.15) is 11.5 Å². The Bertz CT molecular complexity index is 507. The van der Waals surface area contributed by atoms with Crippen molar-refractivity contribution in [1.29, 1.82) is 0 Å². The third kappa shape index (κ3) is 3.30. The van der Waals surface area contributed by atoms with Gasteiger partial charge in [0.15, 0.2) is 0 Å². The molecule has 0 aliphatic heterocycles. The van der Waals surface area contributed by atoms with Crippen LogP contribution in [-0.4, -0.2) is 13.6 Å². The van der Waals surface area contributed by atoms with Gasteiger partial charge in [0.2, 0.25) is 0 Å². The van der Waals surface area contributed by atoms with Gasteiger partial charge in [0.25, 0.3) is 0 Å². The highest BCUT2D eigenvalue weighted by Crippen LogP contribution is 2.24. The van der Waals surface area contributed by atoms with E-state index in [1.807, 2.05) is 43.3 Å². The van der Waals surface area contributed by atoms with Gasteiger partial charge in [-0.25, -0.2) is 0 Å². The molecule has 0 bridgehead atoms. The van der Waals surface area contributed by atoms with Gasteiger partial charge in [-0.2, -0.15) is 0 Å². The lowest BCUT2D eigenvalue weighted by Gasteiger charge is -2.20. The van der Waals surface area contributed by atoms with E-state index in [0.29, 0.717) is 0 Å². The molecule has 2 nitrogen and oxygen atoms in total. The molecule has 96 valence electrons. The molecule has 0 saturated heterocycles. The minimum Gasteiger partial charge on any atom is -0.466 e. The average Bonchev–Trinajstić information content (AvgIpc) is 2.75. The van der Waals surface area contributed by atoms with Gasteiger partial charge in [0, 0.05) is 20.0 Å². The maximum atomic E-state index is 6.16. The second-order valence-corrected chi connectivity index (χ2v) is 4.90. The fourth-order valence-corrected chi connectivity index (χ4v) is 2.27. The summed E-state index contributed by atoms with van der Waals surface area (Å²) in [5.41, 5.74) is 1.08. The molecule has 0 amide bonds. The molecule has 0 fully saturated rings. The summed E-state index contributed by atoms with van der Waals surface area (Å²) in [4.78, 5) is 2.18. The predicted octanol–water partition coefficient (Wildman–Crippen LogP) is 4.31. The normalized spacial score (nSPS) is 10.6. The van der Waals surface area contributed by atoms with Crippen LogP contribution in [0.25, 0.3) is 0 Å². The first-order chi connectivity index (χ1) is 8.66. The van der Waals surface area contributed by atoms with Crippen LogP contribution in [0.3, 0.4) is 0 Å². The van der Waals surface area contributed by atoms with E-state index in [4.69, 9.17) is 16.0 Å². The number of halogens is 1. The average molecular weight is 264 g/mol. The quantitative estimate of drug-likeness (QED) is 0.799. The maximum Gasteiger partial charge on any atom is 0.104 e. The van der Waals surface area contributed by atoms with Gasteiger partial charge in [-0.15, -0.1) is 0 Å². The molecule has 18 heavy (non-hydrogen) atoms. The number of para-hydroxylation sites is 1. The second kappa shape index (κ2) is 5.96. The number of hydrogen-bond donors (Lipinski definition) is 0. The van der Waals surface area contributed by atoms with Crippen molar-refractivity contribution in [3.8, 4) is 0 Å². The van der Waals surface area contributed by atoms with Crippen molar-refractivity contribution in [2.75, 3.05) is 18.5 Å². The largest absolute Gasteiger partial charge is 0.466 e. The van der Waals surface area contributed by atoms with E-state index in [9.17, 15) is 0 Å². The van der Waals surface area contributed by atoms with Crippen molar-refractivity contribution in [3.63, 3.8) is 0 Å². The van der Waals surface area contributed by atoms with Crippen LogP contribution < -0.4 is 4.90 Å². The number of nitrogens with zero attached hydrogens (tertiary/aromatic N) is 1. The first-order valence-corrected chi connectivity index (χ1v) is 6.55. The predicted molar refractivity (Wildman–Crippen MR) is 76.5 cm³/mol. The van der Waals surface area contributed by atoms with E-state index in [0.717, 1.165) is 41.6 Å². The van der Waals surface area contributed by atoms with Gasteiger partial charge >= 0.3 is 0 Å². The zero-order valence-electron chi connectivity index (χ0n) is 10.8. The molecule has 0 saturated carbocycles. The van der Waals surface area contributed by atoms with Gasteiger partial charge in [0.05, 0.1) is 10.7 Å². The molecule has 0 aliphatic carbocycles. The summed E-state index contributed by atoms with van der Waals surface area (Å²) in [7, 11) is 2.06. The summed E-state index contributed by atoms with van der Waals surface area (Å²) in [5.74, 6) is 2.03. The monoisotopic (exact) mass is 263 g/mol. The van der Waals surface area contributed by atoms with E-state index in [-0.39, 0.29) is 0 Å². The molecule has 0 unspecified atom stereocenters. The minimum atomic E-state index is 0.800. The zero-order valence-corrected chi connectivity index (χ0v) is 11.6. The summed E-state index contributed by atoms with van der Waals surface area (Å²) in [5, 5.41) is 0.800. The van der Waals surface area contributed by atoms with Gasteiger partial charge in [-0.05, 0) is 37.6 Å². The molecule has 0 aliphatic rings. The van der Waals surface area contributed by atoms with Crippen molar-refractivity contribution >= 4 is 17.3 Å². The zero-order chi connectivity index (χ0) is 13.0. The van der Waals surface area contributed by atoms with Crippen LogP contribution in [0.4, 0.5) is 5.69 Å². The fraction of sp³-hybridized carbons (Fsp3) is 0.333. The first kappa shape index (κ1) is 13.0. The number of rotatable bonds is 5. The molecule has 0 N–H and O–H groups in total. The third-order valence-electron chi connectivity index (χ3n) is 2.98. The SMILES string of the molecule is Cc1ccc(CCCN(C)c2ccccc2Cl)o1. The Labute approximate surface area is 113 Å². The van der Waals surface area contributed by atoms with Crippen LogP contribution in [-0.2, 0) is 6.42 Å². The Balaban J connectivity index is 1.85. The topological polar surface area (TPSA) is 16.4 Å². The molecule has 1 heterocycles. The third-order valence-corrected chi connectivity index (χ3v) is 3.30. The number of aryl methyl sites for hydroxylation is 2. The summed E-state index contributed by atoms with van der Waals surface area (Å²) < 4.78 is 5.55. The van der Waals surface area contributed by atoms with Crippen LogP contribution in [0, 0.1) is 6.92 Å². The number of benzene rings is 1. The van der Waals surface area contributed by atoms with Gasteiger partial charge in [-0.1, -0.05) is 23.7 Å². The summed E-state index contributed by atoms with van der Waals surface area (Å²) >= 11 is 6.16. The molecule has 1 aromatic heterocycles. The Morgan fingerprint density at radius 3 is 2.61 bits per heavy atom. The minimum absolute atomic E-state index is 0.800. The molecule has 2 aromatic rings. The van der Waals surface area contributed by atoms with Crippen LogP contribution in [0.5, 0.6) is 0 Å². The van der Waals surface area contributed by atoms with Crippen LogP contribution in [0.2, 0.25) is 5.02 Å². The molecule has 0 radical (unpaired) electrons. The smallest absolute Gasteiger partial charge is 0.104 e. The summed E-state index contributed by atoms with van der Waals surface area (Å²) in [6, 6.07) is 12.0. The molecule has 0 spiro atoms. The first-order valence-electron chi connectivity index (χ1n) is 6.18. The van der Waals surface area contributed by atoms with Crippen LogP contribution >= 0.6 is 11.6 Å². The van der Waals surface area contributed by atoms with Crippen LogP contribution in [0.15, 0.2) is 40.8 Å². The standard InChI is InChI=1S/C15H18ClNO/c1-12-9-10-13(18-12)6-5-11-17(2)15-8-4-3-7-14(15)16/h3-4,7-10H,5-6,11H2,1-2H3. The van der Waals surface area contributed by atoms with E-state index >= 15 is 0 Å². The highest BCUT2D eigenvalue weighted by molar-refractivity contribution is 6.33. The lowest BCUT2D eigenvalue weighted by molar-refractivity contribution is 0.477. The van der Waals surface area contributed by atoms with Gasteiger partial charge in [-0.3, -0.25) is 0 Å². The Morgan fingerprint density at radius 1 is 1.17 bits per heavy atom. The van der Waals surface area contributed by atoms with Gasteiger partial charge < -0.3 is 9.32 Å². The van der Waals surface area contributed by atoms with Crippen molar-refractivity contribution in [2.24, 2.45) is 0 Å². The molecule has 1 aromatic carbocycles.